The van der Waals surface area contributed by atoms with E-state index in [1.54, 1.807) is 20.0 Å². The average molecular weight is 239 g/mol. The number of aryl methyl sites for hydroxylation is 1. The van der Waals surface area contributed by atoms with Crippen molar-refractivity contribution in [2.75, 3.05) is 0 Å². The minimum atomic E-state index is -0.518. The van der Waals surface area contributed by atoms with Crippen LogP contribution in [0.3, 0.4) is 0 Å². The summed E-state index contributed by atoms with van der Waals surface area (Å²) in [6.45, 7) is 5.22. The van der Waals surface area contributed by atoms with Gasteiger partial charge in [-0.2, -0.15) is 0 Å². The number of thioether (sulfide) groups is 1. The number of aromatic nitrogens is 1. The first-order valence-corrected chi connectivity index (χ1v) is 6.14. The maximum Gasteiger partial charge on any atom is 0.131 e. The van der Waals surface area contributed by atoms with Gasteiger partial charge in [-0.3, -0.25) is 4.79 Å². The molecule has 0 aliphatic carbocycles. The number of aliphatic hydroxyl groups is 1. The van der Waals surface area contributed by atoms with Crippen LogP contribution in [0.15, 0.2) is 23.4 Å². The molecule has 3 nitrogen and oxygen atoms in total. The largest absolute Gasteiger partial charge is 0.392 e. The van der Waals surface area contributed by atoms with Crippen LogP contribution >= 0.6 is 11.8 Å². The lowest BCUT2D eigenvalue weighted by atomic mass is 10.1. The van der Waals surface area contributed by atoms with Crippen molar-refractivity contribution in [1.82, 2.24) is 4.98 Å². The molecule has 88 valence electrons. The minimum absolute atomic E-state index is 0.0898. The van der Waals surface area contributed by atoms with Crippen molar-refractivity contribution in [2.45, 2.75) is 43.6 Å². The first kappa shape index (κ1) is 13.2. The monoisotopic (exact) mass is 239 g/mol. The molecule has 1 N–H and O–H groups in total. The standard InChI is InChI=1S/C12H17NO2S/c1-8-5-4-6-13-12(8)16-11(10(3)15)7-9(2)14/h4-6,10-11,15H,7H2,1-3H3. The van der Waals surface area contributed by atoms with E-state index in [0.29, 0.717) is 6.42 Å². The first-order valence-electron chi connectivity index (χ1n) is 5.26. The van der Waals surface area contributed by atoms with E-state index < -0.39 is 6.10 Å². The van der Waals surface area contributed by atoms with Gasteiger partial charge in [-0.05, 0) is 32.4 Å². The van der Waals surface area contributed by atoms with Gasteiger partial charge in [-0.25, -0.2) is 4.98 Å². The van der Waals surface area contributed by atoms with E-state index >= 15 is 0 Å². The molecule has 1 rings (SSSR count). The fourth-order valence-electron chi connectivity index (χ4n) is 1.33. The zero-order valence-electron chi connectivity index (χ0n) is 9.80. The molecule has 2 atom stereocenters. The Hall–Kier alpha value is -0.870. The average Bonchev–Trinajstić information content (AvgIpc) is 2.19. The summed E-state index contributed by atoms with van der Waals surface area (Å²) in [6.07, 6.45) is 1.58. The molecule has 0 fully saturated rings. The van der Waals surface area contributed by atoms with Gasteiger partial charge in [0, 0.05) is 17.9 Å². The number of hydrogen-bond donors (Lipinski definition) is 1. The molecule has 0 aromatic carbocycles. The Labute approximate surface area is 100 Å². The van der Waals surface area contributed by atoms with Gasteiger partial charge in [-0.15, -0.1) is 0 Å². The molecule has 0 aliphatic heterocycles. The zero-order chi connectivity index (χ0) is 12.1. The Morgan fingerprint density at radius 1 is 1.62 bits per heavy atom. The second-order valence-corrected chi connectivity index (χ2v) is 5.16. The highest BCUT2D eigenvalue weighted by molar-refractivity contribution is 8.00. The van der Waals surface area contributed by atoms with E-state index in [1.165, 1.54) is 11.8 Å². The number of nitrogens with zero attached hydrogens (tertiary/aromatic N) is 1. The van der Waals surface area contributed by atoms with Crippen LogP contribution < -0.4 is 0 Å². The van der Waals surface area contributed by atoms with Crippen LogP contribution in [-0.4, -0.2) is 27.2 Å². The molecule has 1 aromatic rings. The normalized spacial score (nSPS) is 14.5. The van der Waals surface area contributed by atoms with Gasteiger partial charge in [0.05, 0.1) is 11.1 Å². The lowest BCUT2D eigenvalue weighted by Gasteiger charge is -2.18. The molecule has 0 saturated carbocycles. The van der Waals surface area contributed by atoms with Crippen LogP contribution in [0.5, 0.6) is 0 Å². The van der Waals surface area contributed by atoms with Crippen molar-refractivity contribution >= 4 is 17.5 Å². The van der Waals surface area contributed by atoms with E-state index in [9.17, 15) is 9.90 Å². The highest BCUT2D eigenvalue weighted by atomic mass is 32.2. The van der Waals surface area contributed by atoms with Gasteiger partial charge in [-0.1, -0.05) is 17.8 Å². The summed E-state index contributed by atoms with van der Waals surface area (Å²) in [4.78, 5) is 15.3. The molecular weight excluding hydrogens is 222 g/mol. The Balaban J connectivity index is 2.76. The summed E-state index contributed by atoms with van der Waals surface area (Å²) in [7, 11) is 0. The predicted octanol–water partition coefficient (Wildman–Crippen LogP) is 2.21. The van der Waals surface area contributed by atoms with Gasteiger partial charge in [0.1, 0.15) is 5.78 Å². The fraction of sp³-hybridized carbons (Fsp3) is 0.500. The van der Waals surface area contributed by atoms with Crippen molar-refractivity contribution in [3.63, 3.8) is 0 Å². The van der Waals surface area contributed by atoms with E-state index in [4.69, 9.17) is 0 Å². The molecule has 0 bridgehead atoms. The number of carbonyl (C=O) groups is 1. The highest BCUT2D eigenvalue weighted by Gasteiger charge is 2.19. The topological polar surface area (TPSA) is 50.2 Å². The molecule has 0 aliphatic rings. The van der Waals surface area contributed by atoms with Crippen LogP contribution in [-0.2, 0) is 4.79 Å². The predicted molar refractivity (Wildman–Crippen MR) is 65.6 cm³/mol. The Bertz CT molecular complexity index is 366. The maximum atomic E-state index is 11.1. The fourth-order valence-corrected chi connectivity index (χ4v) is 2.51. The molecule has 2 unspecified atom stereocenters. The smallest absolute Gasteiger partial charge is 0.131 e. The molecular formula is C12H17NO2S. The number of carbonyl (C=O) groups excluding carboxylic acids is 1. The van der Waals surface area contributed by atoms with Gasteiger partial charge in [0.15, 0.2) is 0 Å². The Morgan fingerprint density at radius 2 is 2.31 bits per heavy atom. The summed E-state index contributed by atoms with van der Waals surface area (Å²) in [6, 6.07) is 3.85. The molecule has 4 heteroatoms. The summed E-state index contributed by atoms with van der Waals surface area (Å²) in [5.41, 5.74) is 1.07. The van der Waals surface area contributed by atoms with E-state index in [2.05, 4.69) is 4.98 Å². The van der Waals surface area contributed by atoms with Crippen LogP contribution in [0.2, 0.25) is 0 Å². The highest BCUT2D eigenvalue weighted by Crippen LogP contribution is 2.28. The summed E-state index contributed by atoms with van der Waals surface area (Å²) < 4.78 is 0. The van der Waals surface area contributed by atoms with Gasteiger partial charge in [0.25, 0.3) is 0 Å². The van der Waals surface area contributed by atoms with Crippen molar-refractivity contribution in [3.8, 4) is 0 Å². The maximum absolute atomic E-state index is 11.1. The summed E-state index contributed by atoms with van der Waals surface area (Å²) in [5, 5.41) is 10.4. The van der Waals surface area contributed by atoms with Crippen LogP contribution in [0.25, 0.3) is 0 Å². The summed E-state index contributed by atoms with van der Waals surface area (Å²) in [5.74, 6) is 0.0898. The van der Waals surface area contributed by atoms with Crippen molar-refractivity contribution in [2.24, 2.45) is 0 Å². The van der Waals surface area contributed by atoms with Gasteiger partial charge in [0.2, 0.25) is 0 Å². The minimum Gasteiger partial charge on any atom is -0.392 e. The van der Waals surface area contributed by atoms with Crippen LogP contribution in [0.4, 0.5) is 0 Å². The SMILES string of the molecule is CC(=O)CC(Sc1ncccc1C)C(C)O. The van der Waals surface area contributed by atoms with Crippen LogP contribution in [0.1, 0.15) is 25.8 Å². The van der Waals surface area contributed by atoms with E-state index in [0.717, 1.165) is 10.6 Å². The molecule has 1 aromatic heterocycles. The Kier molecular flexibility index (Phi) is 4.96. The first-order chi connectivity index (χ1) is 7.50. The third kappa shape index (κ3) is 3.94. The van der Waals surface area contributed by atoms with E-state index in [-0.39, 0.29) is 11.0 Å². The van der Waals surface area contributed by atoms with Gasteiger partial charge >= 0.3 is 0 Å². The number of hydrogen-bond acceptors (Lipinski definition) is 4. The second-order valence-electron chi connectivity index (χ2n) is 3.93. The Morgan fingerprint density at radius 3 is 2.81 bits per heavy atom. The molecule has 0 saturated heterocycles. The third-order valence-electron chi connectivity index (χ3n) is 2.25. The van der Waals surface area contributed by atoms with Crippen LogP contribution in [0, 0.1) is 6.92 Å². The molecule has 16 heavy (non-hydrogen) atoms. The number of aliphatic hydroxyl groups excluding tert-OH is 1. The van der Waals surface area contributed by atoms with E-state index in [1.807, 2.05) is 19.1 Å². The number of ketones is 1. The number of pyridine rings is 1. The molecule has 0 amide bonds. The van der Waals surface area contributed by atoms with Crippen molar-refractivity contribution < 1.29 is 9.90 Å². The number of Topliss-reactive ketones (excluding diaryl/α,β-unsaturated/α-hetero) is 1. The molecule has 1 heterocycles. The zero-order valence-corrected chi connectivity index (χ0v) is 10.6. The molecule has 0 spiro atoms. The third-order valence-corrected chi connectivity index (χ3v) is 3.77. The lowest BCUT2D eigenvalue weighted by Crippen LogP contribution is -2.22. The van der Waals surface area contributed by atoms with Gasteiger partial charge < -0.3 is 5.11 Å². The molecule has 0 radical (unpaired) electrons. The second kappa shape index (κ2) is 6.01. The summed E-state index contributed by atoms with van der Waals surface area (Å²) >= 11 is 1.47. The van der Waals surface area contributed by atoms with Crippen molar-refractivity contribution in [3.05, 3.63) is 23.9 Å². The number of rotatable bonds is 5. The van der Waals surface area contributed by atoms with Crippen molar-refractivity contribution in [1.29, 1.82) is 0 Å². The lowest BCUT2D eigenvalue weighted by molar-refractivity contribution is -0.117. The quantitative estimate of drug-likeness (QED) is 0.800.